The minimum atomic E-state index is -0.710. The number of ether oxygens (including phenoxy) is 1. The van der Waals surface area contributed by atoms with E-state index in [2.05, 4.69) is 0 Å². The Morgan fingerprint density at radius 2 is 1.92 bits per heavy atom. The third-order valence-electron chi connectivity index (χ3n) is 4.04. The zero-order chi connectivity index (χ0) is 18.0. The largest absolute Gasteiger partial charge is 0.493 e. The standard InChI is InChI=1S/C18H16N2O5/c1-12-5-2-3-6-16(12)25-10-4-9-19-15-8-7-13(20(23)24)11-14(15)17(21)18(19)22/h2-3,5-8,11H,4,9-10H2,1H3. The molecule has 7 nitrogen and oxygen atoms in total. The molecule has 2 aromatic carbocycles. The number of para-hydroxylation sites is 1. The highest BCUT2D eigenvalue weighted by Crippen LogP contribution is 2.32. The van der Waals surface area contributed by atoms with Gasteiger partial charge in [-0.15, -0.1) is 0 Å². The molecule has 0 fully saturated rings. The lowest BCUT2D eigenvalue weighted by Gasteiger charge is -2.16. The number of benzene rings is 2. The zero-order valence-corrected chi connectivity index (χ0v) is 13.6. The minimum absolute atomic E-state index is 0.0824. The highest BCUT2D eigenvalue weighted by molar-refractivity contribution is 6.52. The molecule has 1 aliphatic rings. The summed E-state index contributed by atoms with van der Waals surface area (Å²) >= 11 is 0. The zero-order valence-electron chi connectivity index (χ0n) is 13.6. The highest BCUT2D eigenvalue weighted by Gasteiger charge is 2.36. The van der Waals surface area contributed by atoms with Gasteiger partial charge in [0.25, 0.3) is 17.4 Å². The van der Waals surface area contributed by atoms with Gasteiger partial charge in [0, 0.05) is 18.7 Å². The molecule has 1 aliphatic heterocycles. The van der Waals surface area contributed by atoms with E-state index in [9.17, 15) is 19.7 Å². The van der Waals surface area contributed by atoms with Crippen LogP contribution in [0.15, 0.2) is 42.5 Å². The van der Waals surface area contributed by atoms with Gasteiger partial charge in [0.15, 0.2) is 0 Å². The molecule has 0 aliphatic carbocycles. The first-order valence-corrected chi connectivity index (χ1v) is 7.82. The summed E-state index contributed by atoms with van der Waals surface area (Å²) in [6.45, 7) is 2.65. The predicted octanol–water partition coefficient (Wildman–Crippen LogP) is 2.90. The fourth-order valence-corrected chi connectivity index (χ4v) is 2.75. The number of hydrogen-bond donors (Lipinski definition) is 0. The van der Waals surface area contributed by atoms with Crippen LogP contribution in [0, 0.1) is 17.0 Å². The Labute approximate surface area is 144 Å². The molecule has 128 valence electrons. The molecular weight excluding hydrogens is 324 g/mol. The number of hydrogen-bond acceptors (Lipinski definition) is 5. The van der Waals surface area contributed by atoms with Crippen LogP contribution in [0.25, 0.3) is 0 Å². The number of aryl methyl sites for hydroxylation is 1. The third kappa shape index (κ3) is 3.21. The van der Waals surface area contributed by atoms with E-state index in [0.29, 0.717) is 25.3 Å². The van der Waals surface area contributed by atoms with Crippen LogP contribution in [-0.2, 0) is 4.79 Å². The Morgan fingerprint density at radius 3 is 2.64 bits per heavy atom. The topological polar surface area (TPSA) is 89.8 Å². The average molecular weight is 340 g/mol. The van der Waals surface area contributed by atoms with E-state index in [4.69, 9.17) is 4.74 Å². The second kappa shape index (κ2) is 6.72. The van der Waals surface area contributed by atoms with E-state index in [1.54, 1.807) is 0 Å². The molecular formula is C18H16N2O5. The maximum atomic E-state index is 12.1. The van der Waals surface area contributed by atoms with Crippen LogP contribution in [0.5, 0.6) is 5.75 Å². The van der Waals surface area contributed by atoms with Gasteiger partial charge in [-0.25, -0.2) is 0 Å². The van der Waals surface area contributed by atoms with Gasteiger partial charge >= 0.3 is 0 Å². The molecule has 0 atom stereocenters. The number of amides is 1. The van der Waals surface area contributed by atoms with E-state index in [1.807, 2.05) is 31.2 Å². The predicted molar refractivity (Wildman–Crippen MR) is 91.1 cm³/mol. The Morgan fingerprint density at radius 1 is 1.16 bits per heavy atom. The first kappa shape index (κ1) is 16.6. The fourth-order valence-electron chi connectivity index (χ4n) is 2.75. The number of nitrogens with zero attached hydrogens (tertiary/aromatic N) is 2. The Hall–Kier alpha value is -3.22. The van der Waals surface area contributed by atoms with Crippen molar-refractivity contribution in [1.82, 2.24) is 0 Å². The molecule has 0 bridgehead atoms. The number of rotatable bonds is 6. The number of Topliss-reactive ketones (excluding diaryl/α,β-unsaturated/α-hetero) is 1. The molecule has 0 radical (unpaired) electrons. The lowest BCUT2D eigenvalue weighted by molar-refractivity contribution is -0.384. The molecule has 2 aromatic rings. The van der Waals surface area contributed by atoms with Crippen molar-refractivity contribution < 1.29 is 19.2 Å². The second-order valence-electron chi connectivity index (χ2n) is 5.71. The number of ketones is 1. The van der Waals surface area contributed by atoms with Crippen molar-refractivity contribution in [2.75, 3.05) is 18.1 Å². The molecule has 25 heavy (non-hydrogen) atoms. The first-order chi connectivity index (χ1) is 12.0. The average Bonchev–Trinajstić information content (AvgIpc) is 2.84. The van der Waals surface area contributed by atoms with Gasteiger partial charge < -0.3 is 9.64 Å². The van der Waals surface area contributed by atoms with E-state index in [1.165, 1.54) is 17.0 Å². The summed E-state index contributed by atoms with van der Waals surface area (Å²) in [6, 6.07) is 11.5. The van der Waals surface area contributed by atoms with E-state index in [-0.39, 0.29) is 11.3 Å². The van der Waals surface area contributed by atoms with Crippen molar-refractivity contribution in [3.05, 3.63) is 63.7 Å². The number of non-ortho nitro benzene ring substituents is 1. The van der Waals surface area contributed by atoms with Crippen molar-refractivity contribution in [3.63, 3.8) is 0 Å². The molecule has 0 saturated carbocycles. The van der Waals surface area contributed by atoms with Crippen LogP contribution in [0.2, 0.25) is 0 Å². The number of carbonyl (C=O) groups is 2. The Balaban J connectivity index is 1.66. The van der Waals surface area contributed by atoms with E-state index in [0.717, 1.165) is 17.4 Å². The summed E-state index contributed by atoms with van der Waals surface area (Å²) in [5, 5.41) is 10.8. The molecule has 0 spiro atoms. The molecule has 0 aromatic heterocycles. The SMILES string of the molecule is Cc1ccccc1OCCCN1C(=O)C(=O)c2cc([N+](=O)[O-])ccc21. The fraction of sp³-hybridized carbons (Fsp3) is 0.222. The molecule has 1 amide bonds. The monoisotopic (exact) mass is 340 g/mol. The third-order valence-corrected chi connectivity index (χ3v) is 4.04. The van der Waals surface area contributed by atoms with Gasteiger partial charge in [-0.3, -0.25) is 19.7 Å². The highest BCUT2D eigenvalue weighted by atomic mass is 16.6. The lowest BCUT2D eigenvalue weighted by Crippen LogP contribution is -2.31. The van der Waals surface area contributed by atoms with Crippen molar-refractivity contribution in [1.29, 1.82) is 0 Å². The van der Waals surface area contributed by atoms with Gasteiger partial charge in [0.05, 0.1) is 22.8 Å². The number of nitro groups is 1. The molecule has 0 saturated heterocycles. The summed E-state index contributed by atoms with van der Waals surface area (Å²) in [4.78, 5) is 35.7. The van der Waals surface area contributed by atoms with Crippen LogP contribution in [-0.4, -0.2) is 29.8 Å². The minimum Gasteiger partial charge on any atom is -0.493 e. The van der Waals surface area contributed by atoms with Gasteiger partial charge in [0.1, 0.15) is 5.75 Å². The van der Waals surface area contributed by atoms with Crippen LogP contribution in [0.4, 0.5) is 11.4 Å². The molecule has 1 heterocycles. The number of anilines is 1. The van der Waals surface area contributed by atoms with E-state index >= 15 is 0 Å². The van der Waals surface area contributed by atoms with Crippen LogP contribution in [0.3, 0.4) is 0 Å². The van der Waals surface area contributed by atoms with Crippen LogP contribution >= 0.6 is 0 Å². The summed E-state index contributed by atoms with van der Waals surface area (Å²) < 4.78 is 5.69. The van der Waals surface area contributed by atoms with Crippen LogP contribution < -0.4 is 9.64 Å². The Bertz CT molecular complexity index is 862. The number of fused-ring (bicyclic) bond motifs is 1. The number of carbonyl (C=O) groups excluding carboxylic acids is 2. The smallest absolute Gasteiger partial charge is 0.299 e. The molecule has 0 N–H and O–H groups in total. The summed E-state index contributed by atoms with van der Waals surface area (Å²) in [5.74, 6) is -0.590. The molecule has 7 heteroatoms. The maximum absolute atomic E-state index is 12.1. The van der Waals surface area contributed by atoms with E-state index < -0.39 is 16.6 Å². The van der Waals surface area contributed by atoms with Gasteiger partial charge in [-0.1, -0.05) is 18.2 Å². The van der Waals surface area contributed by atoms with Crippen LogP contribution in [0.1, 0.15) is 22.3 Å². The van der Waals surface area contributed by atoms with Gasteiger partial charge in [0.2, 0.25) is 0 Å². The van der Waals surface area contributed by atoms with Crippen molar-refractivity contribution >= 4 is 23.1 Å². The summed E-state index contributed by atoms with van der Waals surface area (Å²) in [7, 11) is 0. The van der Waals surface area contributed by atoms with Crippen molar-refractivity contribution in [2.24, 2.45) is 0 Å². The van der Waals surface area contributed by atoms with Gasteiger partial charge in [-0.05, 0) is 31.0 Å². The summed E-state index contributed by atoms with van der Waals surface area (Å²) in [6.07, 6.45) is 0.532. The lowest BCUT2D eigenvalue weighted by atomic mass is 10.1. The Kier molecular flexibility index (Phi) is 4.47. The molecule has 3 rings (SSSR count). The first-order valence-electron chi connectivity index (χ1n) is 7.82. The molecule has 0 unspecified atom stereocenters. The quantitative estimate of drug-likeness (QED) is 0.349. The second-order valence-corrected chi connectivity index (χ2v) is 5.71. The summed E-state index contributed by atoms with van der Waals surface area (Å²) in [5.41, 5.74) is 1.31. The van der Waals surface area contributed by atoms with Crippen molar-refractivity contribution in [2.45, 2.75) is 13.3 Å². The normalized spacial score (nSPS) is 13.1. The van der Waals surface area contributed by atoms with Gasteiger partial charge in [-0.2, -0.15) is 0 Å². The number of nitro benzene ring substituents is 1. The van der Waals surface area contributed by atoms with Crippen molar-refractivity contribution in [3.8, 4) is 5.75 Å². The maximum Gasteiger partial charge on any atom is 0.299 e.